The number of rotatable bonds is 10. The third-order valence-corrected chi connectivity index (χ3v) is 4.03. The van der Waals surface area contributed by atoms with E-state index in [9.17, 15) is 18.3 Å². The molecule has 0 fully saturated rings. The highest BCUT2D eigenvalue weighted by atomic mass is 35.5. The predicted molar refractivity (Wildman–Crippen MR) is 95.3 cm³/mol. The molecular weight excluding hydrogens is 385 g/mol. The van der Waals surface area contributed by atoms with Crippen molar-refractivity contribution >= 4 is 11.6 Å². The topological polar surface area (TPSA) is 58.9 Å². The molecule has 0 saturated heterocycles. The van der Waals surface area contributed by atoms with Gasteiger partial charge in [-0.05, 0) is 29.3 Å². The van der Waals surface area contributed by atoms with Crippen LogP contribution in [0.2, 0.25) is 0 Å². The number of benzene rings is 2. The van der Waals surface area contributed by atoms with Crippen LogP contribution >= 0.6 is 11.6 Å². The average molecular weight is 405 g/mol. The zero-order valence-corrected chi connectivity index (χ0v) is 15.1. The van der Waals surface area contributed by atoms with E-state index in [0.29, 0.717) is 5.75 Å². The summed E-state index contributed by atoms with van der Waals surface area (Å²) >= 11 is 5.48. The normalized spacial score (nSPS) is 13.3. The molecule has 2 N–H and O–H groups in total. The SMILES string of the molecule is O[C@H](CF)COc1ccc(Cc2ccc(OC[C@@H](O)CCl)cc2)c(F)c1F. The summed E-state index contributed by atoms with van der Waals surface area (Å²) in [5, 5.41) is 18.4. The second-order valence-electron chi connectivity index (χ2n) is 5.91. The highest BCUT2D eigenvalue weighted by Gasteiger charge is 2.16. The standard InChI is InChI=1S/C19H20ClF3O4/c20-8-14(24)10-26-16-4-1-12(2-5-16)7-13-3-6-17(19(23)18(13)22)27-11-15(25)9-21/h1-6,14-15,24-25H,7-11H2/t14-,15+/m0/s1. The summed E-state index contributed by atoms with van der Waals surface area (Å²) in [5.41, 5.74) is 0.845. The Morgan fingerprint density at radius 2 is 1.56 bits per heavy atom. The van der Waals surface area contributed by atoms with Crippen molar-refractivity contribution in [2.24, 2.45) is 0 Å². The molecule has 148 valence electrons. The first-order valence-electron chi connectivity index (χ1n) is 8.24. The lowest BCUT2D eigenvalue weighted by atomic mass is 10.0. The summed E-state index contributed by atoms with van der Waals surface area (Å²) in [6.07, 6.45) is -2.02. The largest absolute Gasteiger partial charge is 0.491 e. The smallest absolute Gasteiger partial charge is 0.200 e. The van der Waals surface area contributed by atoms with Gasteiger partial charge in [-0.25, -0.2) is 8.78 Å². The van der Waals surface area contributed by atoms with E-state index in [0.717, 1.165) is 5.56 Å². The number of hydrogen-bond acceptors (Lipinski definition) is 4. The maximum Gasteiger partial charge on any atom is 0.200 e. The number of hydrogen-bond donors (Lipinski definition) is 2. The molecular formula is C19H20ClF3O4. The monoisotopic (exact) mass is 404 g/mol. The van der Waals surface area contributed by atoms with Crippen LogP contribution in [-0.2, 0) is 6.42 Å². The minimum absolute atomic E-state index is 0.0568. The van der Waals surface area contributed by atoms with Crippen LogP contribution < -0.4 is 9.47 Å². The number of aliphatic hydroxyl groups excluding tert-OH is 2. The van der Waals surface area contributed by atoms with Crippen molar-refractivity contribution in [3.63, 3.8) is 0 Å². The highest BCUT2D eigenvalue weighted by Crippen LogP contribution is 2.25. The molecule has 0 aliphatic heterocycles. The summed E-state index contributed by atoms with van der Waals surface area (Å²) in [6.45, 7) is -1.44. The van der Waals surface area contributed by atoms with E-state index >= 15 is 0 Å². The van der Waals surface area contributed by atoms with Gasteiger partial charge < -0.3 is 19.7 Å². The lowest BCUT2D eigenvalue weighted by Crippen LogP contribution is -2.20. The molecule has 2 aromatic rings. The van der Waals surface area contributed by atoms with E-state index in [2.05, 4.69) is 0 Å². The first-order chi connectivity index (χ1) is 12.9. The van der Waals surface area contributed by atoms with E-state index in [1.165, 1.54) is 12.1 Å². The minimum Gasteiger partial charge on any atom is -0.491 e. The van der Waals surface area contributed by atoms with Crippen LogP contribution in [0.5, 0.6) is 11.5 Å². The molecule has 8 heteroatoms. The minimum atomic E-state index is -1.39. The Kier molecular flexibility index (Phi) is 8.22. The fraction of sp³-hybridized carbons (Fsp3) is 0.368. The van der Waals surface area contributed by atoms with Gasteiger partial charge in [-0.1, -0.05) is 18.2 Å². The van der Waals surface area contributed by atoms with Crippen molar-refractivity contribution in [1.29, 1.82) is 0 Å². The lowest BCUT2D eigenvalue weighted by molar-refractivity contribution is 0.0820. The van der Waals surface area contributed by atoms with Crippen LogP contribution in [-0.4, -0.2) is 48.2 Å². The maximum atomic E-state index is 14.2. The van der Waals surface area contributed by atoms with Crippen LogP contribution in [0.3, 0.4) is 0 Å². The average Bonchev–Trinajstić information content (AvgIpc) is 2.69. The van der Waals surface area contributed by atoms with Gasteiger partial charge in [0, 0.05) is 6.42 Å². The van der Waals surface area contributed by atoms with Crippen molar-refractivity contribution < 1.29 is 32.9 Å². The fourth-order valence-corrected chi connectivity index (χ4v) is 2.30. The molecule has 4 nitrogen and oxygen atoms in total. The van der Waals surface area contributed by atoms with Gasteiger partial charge in [0.2, 0.25) is 5.82 Å². The first-order valence-corrected chi connectivity index (χ1v) is 8.77. The molecule has 0 aliphatic rings. The third kappa shape index (κ3) is 6.30. The quantitative estimate of drug-likeness (QED) is 0.597. The number of alkyl halides is 2. The van der Waals surface area contributed by atoms with Gasteiger partial charge in [-0.2, -0.15) is 4.39 Å². The zero-order chi connectivity index (χ0) is 19.8. The summed E-state index contributed by atoms with van der Waals surface area (Å²) < 4.78 is 50.7. The molecule has 0 radical (unpaired) electrons. The summed E-state index contributed by atoms with van der Waals surface area (Å²) in [6, 6.07) is 9.31. The summed E-state index contributed by atoms with van der Waals surface area (Å²) in [7, 11) is 0. The Labute approximate surface area is 160 Å². The zero-order valence-electron chi connectivity index (χ0n) is 14.4. The Morgan fingerprint density at radius 1 is 0.889 bits per heavy atom. The molecule has 2 atom stereocenters. The van der Waals surface area contributed by atoms with Crippen molar-refractivity contribution in [3.8, 4) is 11.5 Å². The van der Waals surface area contributed by atoms with Gasteiger partial charge in [-0.15, -0.1) is 11.6 Å². The van der Waals surface area contributed by atoms with Crippen molar-refractivity contribution in [2.45, 2.75) is 18.6 Å². The van der Waals surface area contributed by atoms with Gasteiger partial charge in [0.05, 0.1) is 5.88 Å². The maximum absolute atomic E-state index is 14.2. The number of ether oxygens (including phenoxy) is 2. The molecule has 0 unspecified atom stereocenters. The summed E-state index contributed by atoms with van der Waals surface area (Å²) in [5.74, 6) is -2.05. The van der Waals surface area contributed by atoms with Crippen molar-refractivity contribution in [3.05, 3.63) is 59.2 Å². The first kappa shape index (κ1) is 21.3. The van der Waals surface area contributed by atoms with Crippen LogP contribution in [0.1, 0.15) is 11.1 Å². The Hall–Kier alpha value is -1.96. The van der Waals surface area contributed by atoms with Gasteiger partial charge in [-0.3, -0.25) is 0 Å². The van der Waals surface area contributed by atoms with E-state index in [1.807, 2.05) is 0 Å². The van der Waals surface area contributed by atoms with E-state index in [1.54, 1.807) is 24.3 Å². The molecule has 0 amide bonds. The summed E-state index contributed by atoms with van der Waals surface area (Å²) in [4.78, 5) is 0. The lowest BCUT2D eigenvalue weighted by Gasteiger charge is -2.12. The van der Waals surface area contributed by atoms with Gasteiger partial charge in [0.25, 0.3) is 0 Å². The second kappa shape index (κ2) is 10.4. The second-order valence-corrected chi connectivity index (χ2v) is 6.22. The molecule has 0 heterocycles. The predicted octanol–water partition coefficient (Wildman–Crippen LogP) is 3.24. The Morgan fingerprint density at radius 3 is 2.19 bits per heavy atom. The van der Waals surface area contributed by atoms with Crippen LogP contribution in [0.15, 0.2) is 36.4 Å². The van der Waals surface area contributed by atoms with Crippen molar-refractivity contribution in [2.75, 3.05) is 25.8 Å². The van der Waals surface area contributed by atoms with Crippen LogP contribution in [0, 0.1) is 11.6 Å². The van der Waals surface area contributed by atoms with Gasteiger partial charge >= 0.3 is 0 Å². The molecule has 2 rings (SSSR count). The van der Waals surface area contributed by atoms with Gasteiger partial charge in [0.15, 0.2) is 11.6 Å². The van der Waals surface area contributed by atoms with E-state index < -0.39 is 37.1 Å². The molecule has 0 spiro atoms. The third-order valence-electron chi connectivity index (χ3n) is 3.67. The molecule has 0 saturated carbocycles. The molecule has 0 bridgehead atoms. The number of aliphatic hydroxyl groups is 2. The molecule has 0 aromatic heterocycles. The van der Waals surface area contributed by atoms with E-state index in [4.69, 9.17) is 26.2 Å². The van der Waals surface area contributed by atoms with Gasteiger partial charge in [0.1, 0.15) is 37.8 Å². The highest BCUT2D eigenvalue weighted by molar-refractivity contribution is 6.18. The van der Waals surface area contributed by atoms with Crippen LogP contribution in [0.25, 0.3) is 0 Å². The number of halogens is 4. The fourth-order valence-electron chi connectivity index (χ4n) is 2.21. The molecule has 2 aromatic carbocycles. The Balaban J connectivity index is 2.01. The van der Waals surface area contributed by atoms with Crippen LogP contribution in [0.4, 0.5) is 13.2 Å². The van der Waals surface area contributed by atoms with Crippen molar-refractivity contribution in [1.82, 2.24) is 0 Å². The molecule has 27 heavy (non-hydrogen) atoms. The molecule has 0 aliphatic carbocycles. The van der Waals surface area contributed by atoms with E-state index in [-0.39, 0.29) is 30.2 Å². The Bertz CT molecular complexity index is 728.